The van der Waals surface area contributed by atoms with E-state index in [9.17, 15) is 4.79 Å². The maximum absolute atomic E-state index is 12.3. The van der Waals surface area contributed by atoms with E-state index in [1.54, 1.807) is 11.6 Å². The fourth-order valence-corrected chi connectivity index (χ4v) is 4.15. The number of anilines is 1. The number of amides is 1. The number of carbonyl (C=O) groups is 1. The molecule has 4 aromatic rings. The standard InChI is InChI=1S/C22H22N6O2/c1-30-15-8-6-7-14(13-15)18-25-19-16-9-2-3-10-17(16)24-21(28(19)27-18)26-22(20(23)29)11-4-5-12-22/h2-3,6-10,13H,4-5,11-12H2,1H3,(H2,23,29)(H,24,26). The highest BCUT2D eigenvalue weighted by Gasteiger charge is 2.40. The topological polar surface area (TPSA) is 107 Å². The van der Waals surface area contributed by atoms with Crippen molar-refractivity contribution in [3.63, 3.8) is 0 Å². The van der Waals surface area contributed by atoms with Crippen molar-refractivity contribution in [3.8, 4) is 17.1 Å². The third-order valence-corrected chi connectivity index (χ3v) is 5.79. The van der Waals surface area contributed by atoms with Gasteiger partial charge in [0, 0.05) is 10.9 Å². The molecule has 0 unspecified atom stereocenters. The van der Waals surface area contributed by atoms with E-state index in [1.807, 2.05) is 48.5 Å². The van der Waals surface area contributed by atoms with E-state index in [4.69, 9.17) is 25.5 Å². The summed E-state index contributed by atoms with van der Waals surface area (Å²) in [5.74, 6) is 1.38. The lowest BCUT2D eigenvalue weighted by Crippen LogP contribution is -2.48. The van der Waals surface area contributed by atoms with Gasteiger partial charge in [0.2, 0.25) is 11.9 Å². The normalized spacial score (nSPS) is 15.5. The van der Waals surface area contributed by atoms with Crippen molar-refractivity contribution in [2.75, 3.05) is 12.4 Å². The fourth-order valence-electron chi connectivity index (χ4n) is 4.15. The highest BCUT2D eigenvalue weighted by atomic mass is 16.5. The molecular formula is C22H22N6O2. The van der Waals surface area contributed by atoms with Crippen molar-refractivity contribution in [1.29, 1.82) is 0 Å². The van der Waals surface area contributed by atoms with Crippen LogP contribution in [0.5, 0.6) is 5.75 Å². The zero-order chi connectivity index (χ0) is 20.7. The van der Waals surface area contributed by atoms with Crippen molar-refractivity contribution >= 4 is 28.4 Å². The number of ether oxygens (including phenoxy) is 1. The number of para-hydroxylation sites is 1. The average Bonchev–Trinajstić information content (AvgIpc) is 3.42. The second-order valence-electron chi connectivity index (χ2n) is 7.63. The van der Waals surface area contributed by atoms with E-state index in [2.05, 4.69) is 5.32 Å². The van der Waals surface area contributed by atoms with E-state index in [0.717, 1.165) is 35.1 Å². The monoisotopic (exact) mass is 402 g/mol. The van der Waals surface area contributed by atoms with Gasteiger partial charge in [0.25, 0.3) is 0 Å². The van der Waals surface area contributed by atoms with Gasteiger partial charge in [-0.3, -0.25) is 4.79 Å². The number of primary amides is 1. The summed E-state index contributed by atoms with van der Waals surface area (Å²) in [6, 6.07) is 15.3. The Bertz CT molecular complexity index is 1260. The van der Waals surface area contributed by atoms with Gasteiger partial charge in [0.05, 0.1) is 12.6 Å². The van der Waals surface area contributed by atoms with Gasteiger partial charge in [0.1, 0.15) is 11.3 Å². The van der Waals surface area contributed by atoms with Crippen LogP contribution in [0, 0.1) is 0 Å². The van der Waals surface area contributed by atoms with Gasteiger partial charge in [-0.05, 0) is 37.1 Å². The number of benzene rings is 2. The zero-order valence-electron chi connectivity index (χ0n) is 16.6. The Morgan fingerprint density at radius 2 is 1.93 bits per heavy atom. The van der Waals surface area contributed by atoms with Gasteiger partial charge in [-0.2, -0.15) is 4.52 Å². The van der Waals surface area contributed by atoms with Crippen LogP contribution in [0.3, 0.4) is 0 Å². The predicted molar refractivity (Wildman–Crippen MR) is 114 cm³/mol. The van der Waals surface area contributed by atoms with Crippen LogP contribution in [-0.4, -0.2) is 38.1 Å². The van der Waals surface area contributed by atoms with Gasteiger partial charge < -0.3 is 15.8 Å². The van der Waals surface area contributed by atoms with E-state index in [-0.39, 0.29) is 5.91 Å². The summed E-state index contributed by atoms with van der Waals surface area (Å²) >= 11 is 0. The smallest absolute Gasteiger partial charge is 0.243 e. The minimum Gasteiger partial charge on any atom is -0.497 e. The number of methoxy groups -OCH3 is 1. The van der Waals surface area contributed by atoms with Crippen LogP contribution in [-0.2, 0) is 4.79 Å². The third kappa shape index (κ3) is 2.92. The van der Waals surface area contributed by atoms with E-state index in [1.165, 1.54) is 0 Å². The van der Waals surface area contributed by atoms with Gasteiger partial charge in [-0.15, -0.1) is 5.10 Å². The molecule has 0 radical (unpaired) electrons. The van der Waals surface area contributed by atoms with Crippen LogP contribution < -0.4 is 15.8 Å². The van der Waals surface area contributed by atoms with Gasteiger partial charge in [0.15, 0.2) is 11.5 Å². The molecule has 1 aliphatic rings. The molecule has 3 N–H and O–H groups in total. The van der Waals surface area contributed by atoms with Gasteiger partial charge >= 0.3 is 0 Å². The molecule has 0 aliphatic heterocycles. The number of fused-ring (bicyclic) bond motifs is 3. The average molecular weight is 402 g/mol. The quantitative estimate of drug-likeness (QED) is 0.531. The van der Waals surface area contributed by atoms with Crippen LogP contribution >= 0.6 is 0 Å². The van der Waals surface area contributed by atoms with Crippen LogP contribution in [0.25, 0.3) is 27.9 Å². The molecule has 8 heteroatoms. The lowest BCUT2D eigenvalue weighted by Gasteiger charge is -2.27. The van der Waals surface area contributed by atoms with Crippen molar-refractivity contribution in [1.82, 2.24) is 19.6 Å². The lowest BCUT2D eigenvalue weighted by molar-refractivity contribution is -0.122. The Balaban J connectivity index is 1.71. The molecule has 8 nitrogen and oxygen atoms in total. The number of aromatic nitrogens is 4. The van der Waals surface area contributed by atoms with Crippen molar-refractivity contribution in [3.05, 3.63) is 48.5 Å². The van der Waals surface area contributed by atoms with E-state index in [0.29, 0.717) is 30.3 Å². The van der Waals surface area contributed by atoms with Crippen LogP contribution in [0.15, 0.2) is 48.5 Å². The lowest BCUT2D eigenvalue weighted by atomic mass is 9.97. The zero-order valence-corrected chi connectivity index (χ0v) is 16.6. The number of hydrogen-bond acceptors (Lipinski definition) is 6. The highest BCUT2D eigenvalue weighted by molar-refractivity contribution is 5.94. The first-order chi connectivity index (χ1) is 14.6. The maximum atomic E-state index is 12.3. The summed E-state index contributed by atoms with van der Waals surface area (Å²) in [5.41, 5.74) is 7.23. The number of nitrogens with one attached hydrogen (secondary N) is 1. The Morgan fingerprint density at radius 3 is 2.70 bits per heavy atom. The Labute approximate surface area is 173 Å². The SMILES string of the molecule is COc1cccc(-c2nc3c4ccccc4nc(NC4(C(N)=O)CCCC4)n3n2)c1. The molecule has 1 fully saturated rings. The fraction of sp³-hybridized carbons (Fsp3) is 0.273. The van der Waals surface area contributed by atoms with Crippen molar-refractivity contribution in [2.45, 2.75) is 31.2 Å². The molecule has 1 amide bonds. The minimum atomic E-state index is -0.815. The number of nitrogens with zero attached hydrogens (tertiary/aromatic N) is 4. The highest BCUT2D eigenvalue weighted by Crippen LogP contribution is 2.34. The summed E-state index contributed by atoms with van der Waals surface area (Å²) < 4.78 is 7.00. The summed E-state index contributed by atoms with van der Waals surface area (Å²) in [6.07, 6.45) is 3.24. The molecule has 0 spiro atoms. The molecule has 1 aliphatic carbocycles. The molecule has 2 aromatic carbocycles. The summed E-state index contributed by atoms with van der Waals surface area (Å²) in [7, 11) is 1.63. The molecule has 2 heterocycles. The van der Waals surface area contributed by atoms with Crippen LogP contribution in [0.1, 0.15) is 25.7 Å². The summed E-state index contributed by atoms with van der Waals surface area (Å²) in [6.45, 7) is 0. The Morgan fingerprint density at radius 1 is 1.13 bits per heavy atom. The molecule has 0 atom stereocenters. The molecular weight excluding hydrogens is 380 g/mol. The Kier molecular flexibility index (Phi) is 4.27. The number of hydrogen-bond donors (Lipinski definition) is 2. The van der Waals surface area contributed by atoms with Crippen LogP contribution in [0.4, 0.5) is 5.95 Å². The first-order valence-corrected chi connectivity index (χ1v) is 9.98. The number of carbonyl (C=O) groups excluding carboxylic acids is 1. The van der Waals surface area contributed by atoms with Gasteiger partial charge in [-0.25, -0.2) is 9.97 Å². The third-order valence-electron chi connectivity index (χ3n) is 5.79. The second-order valence-corrected chi connectivity index (χ2v) is 7.63. The predicted octanol–water partition coefficient (Wildman–Crippen LogP) is 3.16. The maximum Gasteiger partial charge on any atom is 0.243 e. The molecule has 0 bridgehead atoms. The molecule has 2 aromatic heterocycles. The first kappa shape index (κ1) is 18.4. The molecule has 30 heavy (non-hydrogen) atoms. The van der Waals surface area contributed by atoms with Crippen LogP contribution in [0.2, 0.25) is 0 Å². The minimum absolute atomic E-state index is 0.365. The molecule has 0 saturated heterocycles. The Hall–Kier alpha value is -3.68. The van der Waals surface area contributed by atoms with Crippen molar-refractivity contribution < 1.29 is 9.53 Å². The molecule has 152 valence electrons. The second kappa shape index (κ2) is 6.98. The summed E-state index contributed by atoms with van der Waals surface area (Å²) in [5, 5.41) is 8.92. The largest absolute Gasteiger partial charge is 0.497 e. The molecule has 1 saturated carbocycles. The number of rotatable bonds is 5. The first-order valence-electron chi connectivity index (χ1n) is 9.98. The number of nitrogens with two attached hydrogens (primary N) is 1. The summed E-state index contributed by atoms with van der Waals surface area (Å²) in [4.78, 5) is 21.8. The van der Waals surface area contributed by atoms with Crippen molar-refractivity contribution in [2.24, 2.45) is 5.73 Å². The molecule has 5 rings (SSSR count). The van der Waals surface area contributed by atoms with E-state index >= 15 is 0 Å². The van der Waals surface area contributed by atoms with Gasteiger partial charge in [-0.1, -0.05) is 37.1 Å². The van der Waals surface area contributed by atoms with E-state index < -0.39 is 5.54 Å².